The van der Waals surface area contributed by atoms with Crippen molar-refractivity contribution >= 4 is 28.1 Å². The van der Waals surface area contributed by atoms with E-state index in [4.69, 9.17) is 0 Å². The number of thiazole rings is 1. The number of carbonyl (C=O) groups excluding carboxylic acids is 1. The lowest BCUT2D eigenvalue weighted by Crippen LogP contribution is -2.27. The zero-order valence-electron chi connectivity index (χ0n) is 19.7. The fourth-order valence-corrected chi connectivity index (χ4v) is 4.76. The van der Waals surface area contributed by atoms with Crippen LogP contribution in [0.1, 0.15) is 46.9 Å². The van der Waals surface area contributed by atoms with Crippen LogP contribution in [0.15, 0.2) is 60.1 Å². The standard InChI is InChI=1S/C27H31FN4OS/c1-19(2)11-13-29-27(33)25-18-34-26(31-25)17-32(16-21-7-3-5-9-23(21)28)14-12-20-15-30-24-10-6-4-8-22(20)24/h3-10,15,18-19,30H,11-14,16-17H2,1-2H3,(H,29,33). The average molecular weight is 479 g/mol. The normalized spacial score (nSPS) is 11.6. The van der Waals surface area contributed by atoms with Gasteiger partial charge in [-0.2, -0.15) is 0 Å². The maximum atomic E-state index is 14.4. The Morgan fingerprint density at radius 1 is 1.12 bits per heavy atom. The van der Waals surface area contributed by atoms with Crippen molar-refractivity contribution in [2.45, 2.75) is 39.8 Å². The molecule has 0 aliphatic carbocycles. The topological polar surface area (TPSA) is 61.0 Å². The number of para-hydroxylation sites is 1. The number of hydrogen-bond acceptors (Lipinski definition) is 4. The van der Waals surface area contributed by atoms with E-state index in [-0.39, 0.29) is 11.7 Å². The van der Waals surface area contributed by atoms with Crippen LogP contribution in [0.25, 0.3) is 10.9 Å². The molecule has 2 aromatic carbocycles. The van der Waals surface area contributed by atoms with Crippen LogP contribution in [-0.4, -0.2) is 33.9 Å². The second-order valence-corrected chi connectivity index (χ2v) is 9.92. The first-order valence-electron chi connectivity index (χ1n) is 11.7. The molecule has 34 heavy (non-hydrogen) atoms. The van der Waals surface area contributed by atoms with E-state index in [9.17, 15) is 9.18 Å². The van der Waals surface area contributed by atoms with Gasteiger partial charge in [-0.3, -0.25) is 9.69 Å². The fourth-order valence-electron chi connectivity index (χ4n) is 3.94. The summed E-state index contributed by atoms with van der Waals surface area (Å²) in [6, 6.07) is 15.1. The van der Waals surface area contributed by atoms with Gasteiger partial charge in [-0.1, -0.05) is 50.2 Å². The summed E-state index contributed by atoms with van der Waals surface area (Å²) in [7, 11) is 0. The Hall–Kier alpha value is -3.03. The van der Waals surface area contributed by atoms with Crippen molar-refractivity contribution in [3.63, 3.8) is 0 Å². The van der Waals surface area contributed by atoms with E-state index >= 15 is 0 Å². The highest BCUT2D eigenvalue weighted by molar-refractivity contribution is 7.09. The Bertz CT molecular complexity index is 1230. The molecular weight excluding hydrogens is 447 g/mol. The molecule has 0 saturated carbocycles. The third-order valence-electron chi connectivity index (χ3n) is 5.87. The van der Waals surface area contributed by atoms with Gasteiger partial charge in [0.15, 0.2) is 0 Å². The van der Waals surface area contributed by atoms with Crippen LogP contribution in [-0.2, 0) is 19.5 Å². The molecule has 0 fully saturated rings. The van der Waals surface area contributed by atoms with E-state index in [1.54, 1.807) is 11.4 Å². The van der Waals surface area contributed by atoms with E-state index in [1.807, 2.05) is 24.3 Å². The van der Waals surface area contributed by atoms with Crippen molar-refractivity contribution in [2.75, 3.05) is 13.1 Å². The molecule has 0 radical (unpaired) electrons. The number of nitrogens with one attached hydrogen (secondary N) is 2. The lowest BCUT2D eigenvalue weighted by atomic mass is 10.1. The zero-order valence-corrected chi connectivity index (χ0v) is 20.5. The van der Waals surface area contributed by atoms with Crippen LogP contribution in [0.4, 0.5) is 4.39 Å². The zero-order chi connectivity index (χ0) is 23.9. The molecule has 4 rings (SSSR count). The predicted molar refractivity (Wildman–Crippen MR) is 136 cm³/mol. The average Bonchev–Trinajstić information content (AvgIpc) is 3.46. The Labute approximate surface area is 204 Å². The Kier molecular flexibility index (Phi) is 8.08. The Morgan fingerprint density at radius 3 is 2.74 bits per heavy atom. The number of nitrogens with zero attached hydrogens (tertiary/aromatic N) is 2. The number of rotatable bonds is 11. The molecule has 4 aromatic rings. The van der Waals surface area contributed by atoms with Gasteiger partial charge < -0.3 is 10.3 Å². The minimum atomic E-state index is -0.205. The molecular formula is C27H31FN4OS. The highest BCUT2D eigenvalue weighted by atomic mass is 32.1. The SMILES string of the molecule is CC(C)CCNC(=O)c1csc(CN(CCc2c[nH]c3ccccc23)Cc2ccccc2F)n1. The molecule has 0 unspecified atom stereocenters. The highest BCUT2D eigenvalue weighted by Crippen LogP contribution is 2.21. The van der Waals surface area contributed by atoms with Gasteiger partial charge in [0.2, 0.25) is 0 Å². The van der Waals surface area contributed by atoms with Crippen molar-refractivity contribution < 1.29 is 9.18 Å². The Balaban J connectivity index is 1.45. The largest absolute Gasteiger partial charge is 0.361 e. The molecule has 5 nitrogen and oxygen atoms in total. The van der Waals surface area contributed by atoms with Crippen molar-refractivity contribution in [1.82, 2.24) is 20.2 Å². The minimum Gasteiger partial charge on any atom is -0.361 e. The monoisotopic (exact) mass is 478 g/mol. The number of aromatic nitrogens is 2. The smallest absolute Gasteiger partial charge is 0.270 e. The van der Waals surface area contributed by atoms with Gasteiger partial charge in [0.1, 0.15) is 16.5 Å². The molecule has 7 heteroatoms. The lowest BCUT2D eigenvalue weighted by molar-refractivity contribution is 0.0947. The summed E-state index contributed by atoms with van der Waals surface area (Å²) in [6.45, 7) is 6.69. The van der Waals surface area contributed by atoms with E-state index < -0.39 is 0 Å². The lowest BCUT2D eigenvalue weighted by Gasteiger charge is -2.21. The predicted octanol–water partition coefficient (Wildman–Crippen LogP) is 5.78. The summed E-state index contributed by atoms with van der Waals surface area (Å²) < 4.78 is 14.4. The molecule has 178 valence electrons. The molecule has 0 aliphatic heterocycles. The van der Waals surface area contributed by atoms with E-state index in [0.717, 1.165) is 29.9 Å². The Morgan fingerprint density at radius 2 is 1.91 bits per heavy atom. The van der Waals surface area contributed by atoms with Gasteiger partial charge in [-0.05, 0) is 36.5 Å². The minimum absolute atomic E-state index is 0.136. The fraction of sp³-hybridized carbons (Fsp3) is 0.333. The van der Waals surface area contributed by atoms with Gasteiger partial charge in [0.25, 0.3) is 5.91 Å². The molecule has 1 amide bonds. The van der Waals surface area contributed by atoms with Crippen LogP contribution < -0.4 is 5.32 Å². The molecule has 0 atom stereocenters. The van der Waals surface area contributed by atoms with E-state index in [0.29, 0.717) is 36.8 Å². The number of H-pyrrole nitrogens is 1. The number of amides is 1. The van der Waals surface area contributed by atoms with Gasteiger partial charge in [-0.15, -0.1) is 11.3 Å². The van der Waals surface area contributed by atoms with E-state index in [2.05, 4.69) is 52.4 Å². The summed E-state index contributed by atoms with van der Waals surface area (Å²) in [5, 5.41) is 6.81. The van der Waals surface area contributed by atoms with Crippen molar-refractivity contribution in [1.29, 1.82) is 0 Å². The van der Waals surface area contributed by atoms with Crippen LogP contribution in [0, 0.1) is 11.7 Å². The van der Waals surface area contributed by atoms with E-state index in [1.165, 1.54) is 28.4 Å². The first kappa shape index (κ1) is 24.1. The van der Waals surface area contributed by atoms with Gasteiger partial charge in [0, 0.05) is 47.7 Å². The quantitative estimate of drug-likeness (QED) is 0.287. The maximum absolute atomic E-state index is 14.4. The van der Waals surface area contributed by atoms with Crippen molar-refractivity contribution in [3.05, 3.63) is 87.8 Å². The van der Waals surface area contributed by atoms with Gasteiger partial charge in [-0.25, -0.2) is 9.37 Å². The van der Waals surface area contributed by atoms with Crippen LogP contribution in [0.3, 0.4) is 0 Å². The van der Waals surface area contributed by atoms with Crippen molar-refractivity contribution in [2.24, 2.45) is 5.92 Å². The molecule has 2 N–H and O–H groups in total. The number of benzene rings is 2. The second-order valence-electron chi connectivity index (χ2n) is 8.98. The van der Waals surface area contributed by atoms with Gasteiger partial charge >= 0.3 is 0 Å². The summed E-state index contributed by atoms with van der Waals surface area (Å²) in [4.78, 5) is 22.5. The molecule has 0 aliphatic rings. The first-order valence-corrected chi connectivity index (χ1v) is 12.6. The summed E-state index contributed by atoms with van der Waals surface area (Å²) in [5.41, 5.74) is 3.46. The van der Waals surface area contributed by atoms with Crippen LogP contribution in [0.5, 0.6) is 0 Å². The number of fused-ring (bicyclic) bond motifs is 1. The molecule has 0 spiro atoms. The number of halogens is 1. The van der Waals surface area contributed by atoms with Gasteiger partial charge in [0.05, 0.1) is 6.54 Å². The molecule has 2 heterocycles. The number of carbonyl (C=O) groups is 1. The van der Waals surface area contributed by atoms with Crippen LogP contribution in [0.2, 0.25) is 0 Å². The molecule has 2 aromatic heterocycles. The van der Waals surface area contributed by atoms with Crippen LogP contribution >= 0.6 is 11.3 Å². The third-order valence-corrected chi connectivity index (χ3v) is 6.71. The number of hydrogen-bond donors (Lipinski definition) is 2. The molecule has 0 bridgehead atoms. The highest BCUT2D eigenvalue weighted by Gasteiger charge is 2.16. The molecule has 0 saturated heterocycles. The second kappa shape index (κ2) is 11.4. The third kappa shape index (κ3) is 6.30. The first-order chi connectivity index (χ1) is 16.5. The summed E-state index contributed by atoms with van der Waals surface area (Å²) in [5.74, 6) is 0.196. The maximum Gasteiger partial charge on any atom is 0.270 e. The number of aromatic amines is 1. The summed E-state index contributed by atoms with van der Waals surface area (Å²) in [6.07, 6.45) is 3.81. The van der Waals surface area contributed by atoms with Crippen molar-refractivity contribution in [3.8, 4) is 0 Å². The summed E-state index contributed by atoms with van der Waals surface area (Å²) >= 11 is 1.47.